The number of nitrogens with zero attached hydrogens (tertiary/aromatic N) is 3. The largest absolute Gasteiger partial charge is 0.297 e. The van der Waals surface area contributed by atoms with Gasteiger partial charge in [0.25, 0.3) is 0 Å². The van der Waals surface area contributed by atoms with E-state index in [-0.39, 0.29) is 0 Å². The number of benzene rings is 1. The lowest BCUT2D eigenvalue weighted by molar-refractivity contribution is 0.483. The Kier molecular flexibility index (Phi) is 2.97. The van der Waals surface area contributed by atoms with Crippen molar-refractivity contribution in [2.45, 2.75) is 25.9 Å². The van der Waals surface area contributed by atoms with Crippen molar-refractivity contribution in [1.29, 1.82) is 0 Å². The standard InChI is InChI=1S/C17H18N4/c1-12-5-2-6-13(11-12)16-20-14-7-3-10-19-17(14)21(16)15-8-4-9-18-15/h2-3,5-7,10-11,15,18H,4,8-9H2,1H3. The van der Waals surface area contributed by atoms with Crippen molar-refractivity contribution in [3.05, 3.63) is 48.2 Å². The van der Waals surface area contributed by atoms with Gasteiger partial charge in [-0.1, -0.05) is 23.8 Å². The fourth-order valence-electron chi connectivity index (χ4n) is 3.10. The summed E-state index contributed by atoms with van der Waals surface area (Å²) in [6, 6.07) is 12.5. The van der Waals surface area contributed by atoms with Gasteiger partial charge in [-0.05, 0) is 44.5 Å². The number of imidazole rings is 1. The van der Waals surface area contributed by atoms with Gasteiger partial charge in [0.15, 0.2) is 5.65 Å². The number of hydrogen-bond acceptors (Lipinski definition) is 3. The van der Waals surface area contributed by atoms with Crippen molar-refractivity contribution < 1.29 is 0 Å². The zero-order chi connectivity index (χ0) is 14.2. The van der Waals surface area contributed by atoms with Gasteiger partial charge in [0.1, 0.15) is 11.3 Å². The topological polar surface area (TPSA) is 42.7 Å². The molecule has 1 unspecified atom stereocenters. The van der Waals surface area contributed by atoms with Crippen LogP contribution in [0, 0.1) is 6.92 Å². The van der Waals surface area contributed by atoms with Crippen molar-refractivity contribution in [3.63, 3.8) is 0 Å². The molecular formula is C17H18N4. The van der Waals surface area contributed by atoms with Crippen LogP contribution in [0.2, 0.25) is 0 Å². The molecule has 106 valence electrons. The third-order valence-corrected chi connectivity index (χ3v) is 4.07. The van der Waals surface area contributed by atoms with Gasteiger partial charge in [-0.2, -0.15) is 0 Å². The van der Waals surface area contributed by atoms with Crippen LogP contribution in [-0.4, -0.2) is 21.1 Å². The van der Waals surface area contributed by atoms with Crippen LogP contribution in [0.4, 0.5) is 0 Å². The van der Waals surface area contributed by atoms with E-state index in [1.54, 1.807) is 0 Å². The molecule has 1 atom stereocenters. The molecule has 1 aromatic carbocycles. The Morgan fingerprint density at radius 3 is 3.00 bits per heavy atom. The maximum atomic E-state index is 4.83. The van der Waals surface area contributed by atoms with Gasteiger partial charge >= 0.3 is 0 Å². The van der Waals surface area contributed by atoms with Crippen LogP contribution in [0.5, 0.6) is 0 Å². The number of aryl methyl sites for hydroxylation is 1. The van der Waals surface area contributed by atoms with Gasteiger partial charge in [0, 0.05) is 11.8 Å². The molecule has 0 aliphatic carbocycles. The first-order chi connectivity index (χ1) is 10.3. The molecule has 3 aromatic rings. The summed E-state index contributed by atoms with van der Waals surface area (Å²) in [6.07, 6.45) is 4.46. The molecule has 1 aliphatic heterocycles. The molecular weight excluding hydrogens is 260 g/mol. The lowest BCUT2D eigenvalue weighted by Crippen LogP contribution is -2.21. The van der Waals surface area contributed by atoms with Crippen molar-refractivity contribution in [2.24, 2.45) is 0 Å². The van der Waals surface area contributed by atoms with E-state index >= 15 is 0 Å². The van der Waals surface area contributed by atoms with Crippen molar-refractivity contribution in [2.75, 3.05) is 6.54 Å². The second kappa shape index (κ2) is 4.97. The SMILES string of the molecule is Cc1cccc(-c2nc3cccnc3n2C2CCCN2)c1. The van der Waals surface area contributed by atoms with E-state index in [0.29, 0.717) is 6.17 Å². The highest BCUT2D eigenvalue weighted by molar-refractivity contribution is 5.77. The minimum absolute atomic E-state index is 0.292. The maximum Gasteiger partial charge on any atom is 0.161 e. The van der Waals surface area contributed by atoms with Crippen LogP contribution < -0.4 is 5.32 Å². The summed E-state index contributed by atoms with van der Waals surface area (Å²) < 4.78 is 2.26. The van der Waals surface area contributed by atoms with Gasteiger partial charge < -0.3 is 0 Å². The Labute approximate surface area is 123 Å². The highest BCUT2D eigenvalue weighted by Crippen LogP contribution is 2.30. The normalized spacial score (nSPS) is 18.4. The molecule has 21 heavy (non-hydrogen) atoms. The smallest absolute Gasteiger partial charge is 0.161 e. The summed E-state index contributed by atoms with van der Waals surface area (Å²) in [5.74, 6) is 1.01. The zero-order valence-electron chi connectivity index (χ0n) is 12.1. The monoisotopic (exact) mass is 278 g/mol. The number of rotatable bonds is 2. The molecule has 0 bridgehead atoms. The molecule has 0 radical (unpaired) electrons. The second-order valence-electron chi connectivity index (χ2n) is 5.63. The number of nitrogens with one attached hydrogen (secondary N) is 1. The first-order valence-corrected chi connectivity index (χ1v) is 7.46. The van der Waals surface area contributed by atoms with Crippen LogP contribution >= 0.6 is 0 Å². The average Bonchev–Trinajstić information content (AvgIpc) is 3.14. The molecule has 1 N–H and O–H groups in total. The zero-order valence-corrected chi connectivity index (χ0v) is 12.1. The summed E-state index contributed by atoms with van der Waals surface area (Å²) in [7, 11) is 0. The fraction of sp³-hybridized carbons (Fsp3) is 0.294. The van der Waals surface area contributed by atoms with Gasteiger partial charge in [-0.25, -0.2) is 9.97 Å². The molecule has 0 saturated carbocycles. The first-order valence-electron chi connectivity index (χ1n) is 7.46. The van der Waals surface area contributed by atoms with E-state index in [2.05, 4.69) is 46.1 Å². The van der Waals surface area contributed by atoms with Gasteiger partial charge in [-0.15, -0.1) is 0 Å². The number of fused-ring (bicyclic) bond motifs is 1. The minimum atomic E-state index is 0.292. The van der Waals surface area contributed by atoms with Crippen LogP contribution in [-0.2, 0) is 0 Å². The van der Waals surface area contributed by atoms with Crippen molar-refractivity contribution >= 4 is 11.2 Å². The third-order valence-electron chi connectivity index (χ3n) is 4.07. The Bertz CT molecular complexity index is 784. The lowest BCUT2D eigenvalue weighted by Gasteiger charge is -2.16. The van der Waals surface area contributed by atoms with Gasteiger partial charge in [-0.3, -0.25) is 9.88 Å². The lowest BCUT2D eigenvalue weighted by atomic mass is 10.1. The first kappa shape index (κ1) is 12.5. The molecule has 1 saturated heterocycles. The average molecular weight is 278 g/mol. The molecule has 2 aromatic heterocycles. The summed E-state index contributed by atoms with van der Waals surface area (Å²) in [6.45, 7) is 3.17. The van der Waals surface area contributed by atoms with E-state index in [1.165, 1.54) is 12.0 Å². The Morgan fingerprint density at radius 2 is 2.19 bits per heavy atom. The Hall–Kier alpha value is -2.20. The fourth-order valence-corrected chi connectivity index (χ4v) is 3.10. The van der Waals surface area contributed by atoms with Crippen LogP contribution in [0.1, 0.15) is 24.6 Å². The molecule has 4 heteroatoms. The third kappa shape index (κ3) is 2.12. The molecule has 4 rings (SSSR count). The van der Waals surface area contributed by atoms with E-state index in [4.69, 9.17) is 4.98 Å². The Balaban J connectivity index is 1.97. The number of aromatic nitrogens is 3. The Morgan fingerprint density at radius 1 is 1.24 bits per heavy atom. The highest BCUT2D eigenvalue weighted by Gasteiger charge is 2.23. The van der Waals surface area contributed by atoms with E-state index in [1.807, 2.05) is 18.3 Å². The molecule has 3 heterocycles. The quantitative estimate of drug-likeness (QED) is 0.782. The molecule has 0 spiro atoms. The minimum Gasteiger partial charge on any atom is -0.297 e. The van der Waals surface area contributed by atoms with Crippen LogP contribution in [0.25, 0.3) is 22.6 Å². The molecule has 1 aliphatic rings. The van der Waals surface area contributed by atoms with Crippen molar-refractivity contribution in [3.8, 4) is 11.4 Å². The van der Waals surface area contributed by atoms with Crippen molar-refractivity contribution in [1.82, 2.24) is 19.9 Å². The highest BCUT2D eigenvalue weighted by atomic mass is 15.3. The summed E-state index contributed by atoms with van der Waals surface area (Å²) in [5.41, 5.74) is 4.33. The number of hydrogen-bond donors (Lipinski definition) is 1. The predicted molar refractivity (Wildman–Crippen MR) is 84.0 cm³/mol. The maximum absolute atomic E-state index is 4.83. The van der Waals surface area contributed by atoms with Crippen LogP contribution in [0.15, 0.2) is 42.6 Å². The number of pyridine rings is 1. The van der Waals surface area contributed by atoms with Gasteiger partial charge in [0.05, 0.1) is 6.17 Å². The van der Waals surface area contributed by atoms with Crippen LogP contribution in [0.3, 0.4) is 0 Å². The predicted octanol–water partition coefficient (Wildman–Crippen LogP) is 3.29. The van der Waals surface area contributed by atoms with E-state index < -0.39 is 0 Å². The molecule has 4 nitrogen and oxygen atoms in total. The molecule has 0 amide bonds. The summed E-state index contributed by atoms with van der Waals surface area (Å²) >= 11 is 0. The van der Waals surface area contributed by atoms with E-state index in [9.17, 15) is 0 Å². The van der Waals surface area contributed by atoms with E-state index in [0.717, 1.165) is 35.5 Å². The van der Waals surface area contributed by atoms with Gasteiger partial charge in [0.2, 0.25) is 0 Å². The molecule has 1 fully saturated rings. The summed E-state index contributed by atoms with van der Waals surface area (Å²) in [5, 5.41) is 3.56. The summed E-state index contributed by atoms with van der Waals surface area (Å²) in [4.78, 5) is 9.38. The second-order valence-corrected chi connectivity index (χ2v) is 5.63.